The third-order valence-corrected chi connectivity index (χ3v) is 5.07. The van der Waals surface area contributed by atoms with Crippen molar-refractivity contribution in [3.8, 4) is 11.3 Å². The van der Waals surface area contributed by atoms with Crippen LogP contribution in [0.2, 0.25) is 0 Å². The molecule has 0 radical (unpaired) electrons. The van der Waals surface area contributed by atoms with Crippen molar-refractivity contribution in [1.29, 1.82) is 0 Å². The summed E-state index contributed by atoms with van der Waals surface area (Å²) in [6.07, 6.45) is 3.50. The molecule has 2 heterocycles. The summed E-state index contributed by atoms with van der Waals surface area (Å²) in [4.78, 5) is 25.9. The van der Waals surface area contributed by atoms with Crippen LogP contribution < -0.4 is 0 Å². The fraction of sp³-hybridized carbons (Fsp3) is 0.0500. The van der Waals surface area contributed by atoms with Crippen molar-refractivity contribution in [2.75, 3.05) is 0 Å². The number of ketones is 1. The molecule has 0 spiro atoms. The monoisotopic (exact) mass is 346 g/mol. The van der Waals surface area contributed by atoms with Gasteiger partial charge in [-0.2, -0.15) is 5.10 Å². The zero-order valence-electron chi connectivity index (χ0n) is 13.5. The van der Waals surface area contributed by atoms with Crippen LogP contribution in [-0.2, 0) is 0 Å². The van der Waals surface area contributed by atoms with Gasteiger partial charge in [0.25, 0.3) is 0 Å². The van der Waals surface area contributed by atoms with Crippen molar-refractivity contribution in [3.63, 3.8) is 0 Å². The van der Waals surface area contributed by atoms with E-state index in [1.165, 1.54) is 23.4 Å². The predicted octanol–water partition coefficient (Wildman–Crippen LogP) is 4.54. The van der Waals surface area contributed by atoms with Gasteiger partial charge < -0.3 is 0 Å². The Labute approximate surface area is 149 Å². The van der Waals surface area contributed by atoms with Gasteiger partial charge in [-0.25, -0.2) is 4.68 Å². The number of fused-ring (bicyclic) bond motifs is 1. The maximum absolute atomic E-state index is 12.6. The molecule has 0 N–H and O–H groups in total. The fourth-order valence-electron chi connectivity index (χ4n) is 2.75. The van der Waals surface area contributed by atoms with Crippen molar-refractivity contribution in [1.82, 2.24) is 9.78 Å². The number of hydrogen-bond donors (Lipinski definition) is 0. The average Bonchev–Trinajstić information content (AvgIpc) is 3.19. The first-order chi connectivity index (χ1) is 12.1. The summed E-state index contributed by atoms with van der Waals surface area (Å²) in [5.74, 6) is -0.161. The van der Waals surface area contributed by atoms with Gasteiger partial charge in [-0.05, 0) is 18.2 Å². The summed E-state index contributed by atoms with van der Waals surface area (Å²) in [6.45, 7) is 1.46. The highest BCUT2D eigenvalue weighted by atomic mass is 32.2. The van der Waals surface area contributed by atoms with E-state index in [4.69, 9.17) is 0 Å². The second-order valence-electron chi connectivity index (χ2n) is 5.70. The summed E-state index contributed by atoms with van der Waals surface area (Å²) in [5.41, 5.74) is 3.07. The number of Topliss-reactive ketones (excluding diaryl/α,β-unsaturated/α-hetero) is 1. The quantitative estimate of drug-likeness (QED) is 0.639. The van der Waals surface area contributed by atoms with Crippen molar-refractivity contribution in [3.05, 3.63) is 76.8 Å². The number of allylic oxidation sites excluding steroid dienone is 1. The average molecular weight is 346 g/mol. The molecule has 0 amide bonds. The van der Waals surface area contributed by atoms with Gasteiger partial charge in [-0.3, -0.25) is 9.59 Å². The van der Waals surface area contributed by atoms with Crippen LogP contribution in [0.1, 0.15) is 27.6 Å². The molecular formula is C20H14N2O2S. The molecule has 4 rings (SSSR count). The molecule has 0 fully saturated rings. The zero-order valence-corrected chi connectivity index (χ0v) is 14.3. The molecule has 0 bridgehead atoms. The van der Waals surface area contributed by atoms with E-state index in [0.717, 1.165) is 21.6 Å². The van der Waals surface area contributed by atoms with E-state index in [2.05, 4.69) is 5.10 Å². The van der Waals surface area contributed by atoms with Crippen LogP contribution >= 0.6 is 11.8 Å². The molecule has 1 aliphatic heterocycles. The number of nitrogens with zero attached hydrogens (tertiary/aromatic N) is 2. The van der Waals surface area contributed by atoms with E-state index < -0.39 is 0 Å². The number of benzene rings is 2. The summed E-state index contributed by atoms with van der Waals surface area (Å²) in [7, 11) is 0. The summed E-state index contributed by atoms with van der Waals surface area (Å²) < 4.78 is 1.31. The molecule has 0 saturated heterocycles. The van der Waals surface area contributed by atoms with E-state index in [-0.39, 0.29) is 11.7 Å². The first-order valence-corrected chi connectivity index (χ1v) is 8.64. The molecule has 0 saturated carbocycles. The molecule has 0 unspecified atom stereocenters. The Morgan fingerprint density at radius 2 is 1.80 bits per heavy atom. The van der Waals surface area contributed by atoms with Gasteiger partial charge in [-0.15, -0.1) is 0 Å². The standard InChI is InChI=1S/C20H14N2O2S/c1-13(23)22-12-15(19(21-22)14-7-3-2-4-8-14)11-18-20(24)16-9-5-6-10-17(16)25-18/h2-12H,1H3. The van der Waals surface area contributed by atoms with Crippen molar-refractivity contribution in [2.45, 2.75) is 11.8 Å². The van der Waals surface area contributed by atoms with E-state index in [0.29, 0.717) is 10.6 Å². The minimum Gasteiger partial charge on any atom is -0.288 e. The lowest BCUT2D eigenvalue weighted by Crippen LogP contribution is -2.05. The molecule has 25 heavy (non-hydrogen) atoms. The van der Waals surface area contributed by atoms with Gasteiger partial charge in [0.2, 0.25) is 11.7 Å². The van der Waals surface area contributed by atoms with Crippen LogP contribution in [0.25, 0.3) is 17.3 Å². The third-order valence-electron chi connectivity index (χ3n) is 3.97. The zero-order chi connectivity index (χ0) is 17.4. The van der Waals surface area contributed by atoms with Crippen LogP contribution in [0.5, 0.6) is 0 Å². The SMILES string of the molecule is CC(=O)n1cc(C=C2Sc3ccccc3C2=O)c(-c2ccccc2)n1. The first kappa shape index (κ1) is 15.6. The van der Waals surface area contributed by atoms with Gasteiger partial charge in [0, 0.05) is 34.7 Å². The minimum absolute atomic E-state index is 0.00943. The molecule has 0 atom stereocenters. The lowest BCUT2D eigenvalue weighted by Gasteiger charge is -1.99. The number of aromatic nitrogens is 2. The molecule has 1 aliphatic rings. The Bertz CT molecular complexity index is 1020. The van der Waals surface area contributed by atoms with E-state index in [1.54, 1.807) is 6.20 Å². The smallest absolute Gasteiger partial charge is 0.243 e. The highest BCUT2D eigenvalue weighted by Gasteiger charge is 2.26. The minimum atomic E-state index is -0.171. The second kappa shape index (κ2) is 6.18. The number of thioether (sulfide) groups is 1. The van der Waals surface area contributed by atoms with Gasteiger partial charge in [0.05, 0.1) is 4.91 Å². The fourth-order valence-corrected chi connectivity index (χ4v) is 3.79. The lowest BCUT2D eigenvalue weighted by molar-refractivity contribution is 0.0921. The molecule has 122 valence electrons. The first-order valence-electron chi connectivity index (χ1n) is 7.83. The topological polar surface area (TPSA) is 52.0 Å². The number of rotatable bonds is 2. The Morgan fingerprint density at radius 3 is 2.52 bits per heavy atom. The summed E-state index contributed by atoms with van der Waals surface area (Å²) in [6, 6.07) is 17.2. The molecular weight excluding hydrogens is 332 g/mol. The Hall–Kier alpha value is -2.92. The van der Waals surface area contributed by atoms with Crippen LogP contribution in [0, 0.1) is 0 Å². The van der Waals surface area contributed by atoms with Crippen molar-refractivity contribution >= 4 is 29.5 Å². The molecule has 1 aromatic heterocycles. The summed E-state index contributed by atoms with van der Waals surface area (Å²) >= 11 is 1.45. The number of hydrogen-bond acceptors (Lipinski definition) is 4. The number of carbonyl (C=O) groups is 2. The van der Waals surface area contributed by atoms with Crippen LogP contribution in [-0.4, -0.2) is 21.5 Å². The molecule has 2 aromatic carbocycles. The van der Waals surface area contributed by atoms with Gasteiger partial charge in [-0.1, -0.05) is 54.2 Å². The second-order valence-corrected chi connectivity index (χ2v) is 6.78. The van der Waals surface area contributed by atoms with E-state index in [9.17, 15) is 9.59 Å². The highest BCUT2D eigenvalue weighted by molar-refractivity contribution is 8.04. The maximum atomic E-state index is 12.6. The summed E-state index contributed by atoms with van der Waals surface area (Å²) in [5, 5.41) is 4.40. The van der Waals surface area contributed by atoms with Crippen LogP contribution in [0.4, 0.5) is 0 Å². The highest BCUT2D eigenvalue weighted by Crippen LogP contribution is 2.41. The Morgan fingerprint density at radius 1 is 1.08 bits per heavy atom. The van der Waals surface area contributed by atoms with Crippen LogP contribution in [0.3, 0.4) is 0 Å². The van der Waals surface area contributed by atoms with Gasteiger partial charge >= 0.3 is 0 Å². The number of carbonyl (C=O) groups excluding carboxylic acids is 2. The van der Waals surface area contributed by atoms with Gasteiger partial charge in [0.15, 0.2) is 0 Å². The molecule has 3 aromatic rings. The molecule has 0 aliphatic carbocycles. The molecule has 5 heteroatoms. The lowest BCUT2D eigenvalue weighted by atomic mass is 10.1. The predicted molar refractivity (Wildman–Crippen MR) is 98.6 cm³/mol. The largest absolute Gasteiger partial charge is 0.288 e. The van der Waals surface area contributed by atoms with Crippen LogP contribution in [0.15, 0.2) is 70.6 Å². The Kier molecular flexibility index (Phi) is 3.86. The van der Waals surface area contributed by atoms with Gasteiger partial charge in [0.1, 0.15) is 5.69 Å². The maximum Gasteiger partial charge on any atom is 0.243 e. The van der Waals surface area contributed by atoms with E-state index in [1.807, 2.05) is 60.7 Å². The normalized spacial score (nSPS) is 14.8. The van der Waals surface area contributed by atoms with E-state index >= 15 is 0 Å². The van der Waals surface area contributed by atoms with Crippen molar-refractivity contribution in [2.24, 2.45) is 0 Å². The van der Waals surface area contributed by atoms with Crippen molar-refractivity contribution < 1.29 is 9.59 Å². The Balaban J connectivity index is 1.81. The molecule has 4 nitrogen and oxygen atoms in total. The third kappa shape index (κ3) is 2.83.